The summed E-state index contributed by atoms with van der Waals surface area (Å²) in [6.07, 6.45) is 11.6. The van der Waals surface area contributed by atoms with Crippen molar-refractivity contribution in [3.8, 4) is 0 Å². The molecule has 1 aliphatic heterocycles. The summed E-state index contributed by atoms with van der Waals surface area (Å²) < 4.78 is 2.01. The lowest BCUT2D eigenvalue weighted by atomic mass is 9.98. The standard InChI is InChI=1S/C19H24N6O/c26-18(16-5-2-1-3-6-16)24-12-15(11-22-19-20-8-4-9-21-19)13-25-17(14-24)7-10-23-25/h4-5,7-10,15H,1-3,6,11-14H2,(H,20,21,22)/t15-/m0/s1. The molecule has 0 unspecified atom stereocenters. The first-order valence-electron chi connectivity index (χ1n) is 9.29. The maximum Gasteiger partial charge on any atom is 0.249 e. The molecule has 1 atom stereocenters. The Morgan fingerprint density at radius 3 is 2.88 bits per heavy atom. The summed E-state index contributed by atoms with van der Waals surface area (Å²) in [5, 5.41) is 7.72. The molecule has 0 saturated carbocycles. The highest BCUT2D eigenvalue weighted by atomic mass is 16.2. The summed E-state index contributed by atoms with van der Waals surface area (Å²) >= 11 is 0. The van der Waals surface area contributed by atoms with E-state index < -0.39 is 0 Å². The monoisotopic (exact) mass is 352 g/mol. The lowest BCUT2D eigenvalue weighted by molar-refractivity contribution is -0.128. The zero-order chi connectivity index (χ0) is 17.8. The van der Waals surface area contributed by atoms with Crippen LogP contribution in [0.1, 0.15) is 31.4 Å². The second kappa shape index (κ2) is 7.68. The van der Waals surface area contributed by atoms with Crippen molar-refractivity contribution < 1.29 is 4.79 Å². The SMILES string of the molecule is O=C(C1=CCCCC1)N1Cc2ccnn2C[C@@H](CNc2ncccn2)C1. The smallest absolute Gasteiger partial charge is 0.249 e. The number of anilines is 1. The maximum atomic E-state index is 13.0. The molecule has 0 saturated heterocycles. The number of aromatic nitrogens is 4. The third-order valence-electron chi connectivity index (χ3n) is 5.03. The van der Waals surface area contributed by atoms with Crippen molar-refractivity contribution in [3.63, 3.8) is 0 Å². The van der Waals surface area contributed by atoms with Crippen LogP contribution in [-0.4, -0.2) is 43.6 Å². The van der Waals surface area contributed by atoms with Crippen LogP contribution in [0.15, 0.2) is 42.4 Å². The molecule has 1 N–H and O–H groups in total. The van der Waals surface area contributed by atoms with Gasteiger partial charge >= 0.3 is 0 Å². The molecule has 26 heavy (non-hydrogen) atoms. The minimum atomic E-state index is 0.181. The summed E-state index contributed by atoms with van der Waals surface area (Å²) in [7, 11) is 0. The molecule has 4 rings (SSSR count). The number of rotatable bonds is 4. The summed E-state index contributed by atoms with van der Waals surface area (Å²) in [5.74, 6) is 1.04. The minimum absolute atomic E-state index is 0.181. The average Bonchev–Trinajstić information content (AvgIpc) is 3.05. The predicted octanol–water partition coefficient (Wildman–Crippen LogP) is 2.24. The Morgan fingerprint density at radius 1 is 1.19 bits per heavy atom. The van der Waals surface area contributed by atoms with Gasteiger partial charge in [-0.15, -0.1) is 0 Å². The van der Waals surface area contributed by atoms with Crippen molar-refractivity contribution in [1.82, 2.24) is 24.6 Å². The van der Waals surface area contributed by atoms with Crippen LogP contribution >= 0.6 is 0 Å². The van der Waals surface area contributed by atoms with Gasteiger partial charge in [-0.2, -0.15) is 5.10 Å². The molecule has 1 amide bonds. The third kappa shape index (κ3) is 3.76. The average molecular weight is 352 g/mol. The summed E-state index contributed by atoms with van der Waals surface area (Å²) in [4.78, 5) is 23.5. The van der Waals surface area contributed by atoms with Crippen LogP contribution in [0.4, 0.5) is 5.95 Å². The summed E-state index contributed by atoms with van der Waals surface area (Å²) in [6, 6.07) is 3.80. The number of carbonyl (C=O) groups excluding carboxylic acids is 1. The molecule has 2 aromatic rings. The first-order chi connectivity index (χ1) is 12.8. The molecule has 0 fully saturated rings. The fraction of sp³-hybridized carbons (Fsp3) is 0.474. The Kier molecular flexibility index (Phi) is 4.95. The third-order valence-corrected chi connectivity index (χ3v) is 5.03. The van der Waals surface area contributed by atoms with E-state index in [1.165, 1.54) is 6.42 Å². The molecular weight excluding hydrogens is 328 g/mol. The van der Waals surface area contributed by atoms with E-state index in [0.717, 1.165) is 37.1 Å². The molecule has 3 heterocycles. The van der Waals surface area contributed by atoms with E-state index in [4.69, 9.17) is 0 Å². The summed E-state index contributed by atoms with van der Waals surface area (Å²) in [6.45, 7) is 2.81. The molecule has 0 aromatic carbocycles. The van der Waals surface area contributed by atoms with E-state index in [9.17, 15) is 4.79 Å². The number of carbonyl (C=O) groups is 1. The zero-order valence-electron chi connectivity index (χ0n) is 14.8. The maximum absolute atomic E-state index is 13.0. The molecule has 0 spiro atoms. The van der Waals surface area contributed by atoms with E-state index in [2.05, 4.69) is 26.5 Å². The molecule has 7 heteroatoms. The molecule has 0 bridgehead atoms. The van der Waals surface area contributed by atoms with Gasteiger partial charge in [-0.05, 0) is 37.8 Å². The number of amides is 1. The Hall–Kier alpha value is -2.70. The minimum Gasteiger partial charge on any atom is -0.354 e. The number of hydrogen-bond acceptors (Lipinski definition) is 5. The van der Waals surface area contributed by atoms with Crippen molar-refractivity contribution in [1.29, 1.82) is 0 Å². The van der Waals surface area contributed by atoms with Gasteiger partial charge in [0.25, 0.3) is 0 Å². The Labute approximate surface area is 153 Å². The van der Waals surface area contributed by atoms with Gasteiger partial charge in [-0.25, -0.2) is 9.97 Å². The molecular formula is C19H24N6O. The molecule has 1 aliphatic carbocycles. The number of fused-ring (bicyclic) bond motifs is 1. The lowest BCUT2D eigenvalue weighted by Crippen LogP contribution is -2.37. The highest BCUT2D eigenvalue weighted by Gasteiger charge is 2.27. The fourth-order valence-corrected chi connectivity index (χ4v) is 3.68. The van der Waals surface area contributed by atoms with Crippen molar-refractivity contribution in [3.05, 3.63) is 48.1 Å². The van der Waals surface area contributed by atoms with Crippen LogP contribution < -0.4 is 5.32 Å². The van der Waals surface area contributed by atoms with Crippen LogP contribution in [0.3, 0.4) is 0 Å². The van der Waals surface area contributed by atoms with Gasteiger partial charge in [0, 0.05) is 49.7 Å². The van der Waals surface area contributed by atoms with E-state index >= 15 is 0 Å². The second-order valence-electron chi connectivity index (χ2n) is 6.98. The quantitative estimate of drug-likeness (QED) is 0.913. The molecule has 2 aliphatic rings. The number of nitrogens with zero attached hydrogens (tertiary/aromatic N) is 5. The first-order valence-corrected chi connectivity index (χ1v) is 9.29. The molecule has 0 radical (unpaired) electrons. The Balaban J connectivity index is 1.49. The molecule has 136 valence electrons. The van der Waals surface area contributed by atoms with Crippen LogP contribution in [-0.2, 0) is 17.9 Å². The predicted molar refractivity (Wildman–Crippen MR) is 98.2 cm³/mol. The largest absolute Gasteiger partial charge is 0.354 e. The van der Waals surface area contributed by atoms with Gasteiger partial charge < -0.3 is 10.2 Å². The van der Waals surface area contributed by atoms with Crippen LogP contribution in [0.5, 0.6) is 0 Å². The zero-order valence-corrected chi connectivity index (χ0v) is 14.8. The van der Waals surface area contributed by atoms with Crippen LogP contribution in [0.2, 0.25) is 0 Å². The van der Waals surface area contributed by atoms with E-state index in [1.54, 1.807) is 18.5 Å². The Bertz CT molecular complexity index is 784. The number of allylic oxidation sites excluding steroid dienone is 1. The van der Waals surface area contributed by atoms with Crippen LogP contribution in [0, 0.1) is 5.92 Å². The highest BCUT2D eigenvalue weighted by Crippen LogP contribution is 2.23. The van der Waals surface area contributed by atoms with E-state index in [0.29, 0.717) is 25.6 Å². The van der Waals surface area contributed by atoms with E-state index in [1.807, 2.05) is 21.8 Å². The van der Waals surface area contributed by atoms with Crippen molar-refractivity contribution in [2.24, 2.45) is 5.92 Å². The fourth-order valence-electron chi connectivity index (χ4n) is 3.68. The molecule has 7 nitrogen and oxygen atoms in total. The van der Waals surface area contributed by atoms with Gasteiger partial charge in [0.05, 0.1) is 12.2 Å². The van der Waals surface area contributed by atoms with Gasteiger partial charge in [0.1, 0.15) is 0 Å². The number of hydrogen-bond donors (Lipinski definition) is 1. The Morgan fingerprint density at radius 2 is 2.08 bits per heavy atom. The van der Waals surface area contributed by atoms with Gasteiger partial charge in [0.2, 0.25) is 11.9 Å². The van der Waals surface area contributed by atoms with Crippen molar-refractivity contribution in [2.45, 2.75) is 38.8 Å². The number of nitrogens with one attached hydrogen (secondary N) is 1. The second-order valence-corrected chi connectivity index (χ2v) is 6.98. The molecule has 2 aromatic heterocycles. The summed E-state index contributed by atoms with van der Waals surface area (Å²) in [5.41, 5.74) is 2.07. The normalized spacial score (nSPS) is 20.1. The van der Waals surface area contributed by atoms with Crippen LogP contribution in [0.25, 0.3) is 0 Å². The van der Waals surface area contributed by atoms with Gasteiger partial charge in [-0.1, -0.05) is 6.08 Å². The lowest BCUT2D eigenvalue weighted by Gasteiger charge is -2.26. The first kappa shape index (κ1) is 16.8. The van der Waals surface area contributed by atoms with E-state index in [-0.39, 0.29) is 11.8 Å². The van der Waals surface area contributed by atoms with Gasteiger partial charge in [-0.3, -0.25) is 9.48 Å². The topological polar surface area (TPSA) is 75.9 Å². The van der Waals surface area contributed by atoms with Crippen molar-refractivity contribution >= 4 is 11.9 Å². The highest BCUT2D eigenvalue weighted by molar-refractivity contribution is 5.93. The van der Waals surface area contributed by atoms with Gasteiger partial charge in [0.15, 0.2) is 0 Å². The van der Waals surface area contributed by atoms with Crippen molar-refractivity contribution in [2.75, 3.05) is 18.4 Å².